The average molecular weight is 363 g/mol. The van der Waals surface area contributed by atoms with E-state index in [1.807, 2.05) is 36.4 Å². The molecule has 0 saturated carbocycles. The Morgan fingerprint density at radius 2 is 1.81 bits per heavy atom. The van der Waals surface area contributed by atoms with Gasteiger partial charge in [0.1, 0.15) is 0 Å². The van der Waals surface area contributed by atoms with Gasteiger partial charge in [-0.3, -0.25) is 9.59 Å². The minimum absolute atomic E-state index is 0.255. The van der Waals surface area contributed by atoms with Crippen LogP contribution in [0, 0.1) is 0 Å². The van der Waals surface area contributed by atoms with Crippen molar-refractivity contribution in [3.63, 3.8) is 0 Å². The number of anilines is 1. The molecule has 1 amide bonds. The molecule has 3 aromatic rings. The summed E-state index contributed by atoms with van der Waals surface area (Å²) in [4.78, 5) is 29.7. The number of para-hydroxylation sites is 2. The van der Waals surface area contributed by atoms with E-state index >= 15 is 0 Å². The molecular formula is C21H21N3O3. The second kappa shape index (κ2) is 7.63. The summed E-state index contributed by atoms with van der Waals surface area (Å²) in [6.45, 7) is 3.49. The van der Waals surface area contributed by atoms with Crippen LogP contribution in [0.15, 0.2) is 59.4 Å². The first-order valence-corrected chi connectivity index (χ1v) is 9.03. The van der Waals surface area contributed by atoms with Crippen molar-refractivity contribution in [2.24, 2.45) is 0 Å². The van der Waals surface area contributed by atoms with Crippen LogP contribution < -0.4 is 15.8 Å². The molecule has 2 heterocycles. The van der Waals surface area contributed by atoms with Crippen LogP contribution in [0.4, 0.5) is 5.69 Å². The number of rotatable bonds is 4. The van der Waals surface area contributed by atoms with Crippen LogP contribution in [0.3, 0.4) is 0 Å². The highest BCUT2D eigenvalue weighted by Crippen LogP contribution is 2.22. The van der Waals surface area contributed by atoms with Gasteiger partial charge in [-0.1, -0.05) is 36.4 Å². The number of pyridine rings is 1. The molecule has 1 aliphatic rings. The highest BCUT2D eigenvalue weighted by molar-refractivity contribution is 6.05. The van der Waals surface area contributed by atoms with Crippen LogP contribution in [0.1, 0.15) is 15.9 Å². The Labute approximate surface area is 156 Å². The lowest BCUT2D eigenvalue weighted by atomic mass is 10.1. The molecule has 1 fully saturated rings. The highest BCUT2D eigenvalue weighted by atomic mass is 16.5. The molecule has 1 aliphatic heterocycles. The van der Waals surface area contributed by atoms with Crippen molar-refractivity contribution in [3.05, 3.63) is 76.1 Å². The fourth-order valence-corrected chi connectivity index (χ4v) is 3.44. The molecule has 27 heavy (non-hydrogen) atoms. The molecule has 6 heteroatoms. The van der Waals surface area contributed by atoms with Gasteiger partial charge in [0.25, 0.3) is 5.91 Å². The molecule has 2 N–H and O–H groups in total. The predicted octanol–water partition coefficient (Wildman–Crippen LogP) is 2.29. The van der Waals surface area contributed by atoms with Gasteiger partial charge in [-0.2, -0.15) is 0 Å². The molecular weight excluding hydrogens is 342 g/mol. The predicted molar refractivity (Wildman–Crippen MR) is 105 cm³/mol. The molecule has 4 rings (SSSR count). The zero-order chi connectivity index (χ0) is 18.6. The van der Waals surface area contributed by atoms with Gasteiger partial charge in [0, 0.05) is 42.3 Å². The van der Waals surface area contributed by atoms with E-state index in [1.54, 1.807) is 6.07 Å². The Morgan fingerprint density at radius 1 is 1.07 bits per heavy atom. The Kier molecular flexibility index (Phi) is 4.89. The highest BCUT2D eigenvalue weighted by Gasteiger charge is 2.16. The molecule has 1 aromatic heterocycles. The summed E-state index contributed by atoms with van der Waals surface area (Å²) in [7, 11) is 0. The van der Waals surface area contributed by atoms with Crippen molar-refractivity contribution in [3.8, 4) is 0 Å². The second-order valence-electron chi connectivity index (χ2n) is 6.50. The summed E-state index contributed by atoms with van der Waals surface area (Å²) >= 11 is 0. The van der Waals surface area contributed by atoms with Crippen molar-refractivity contribution in [2.75, 3.05) is 31.2 Å². The summed E-state index contributed by atoms with van der Waals surface area (Å²) < 4.78 is 5.43. The van der Waals surface area contributed by atoms with Crippen molar-refractivity contribution in [2.45, 2.75) is 6.54 Å². The third-order valence-corrected chi connectivity index (χ3v) is 4.78. The van der Waals surface area contributed by atoms with E-state index in [9.17, 15) is 9.59 Å². The van der Waals surface area contributed by atoms with Crippen molar-refractivity contribution in [1.29, 1.82) is 0 Å². The fraction of sp³-hybridized carbons (Fsp3) is 0.238. The molecule has 0 bridgehead atoms. The number of amides is 1. The molecule has 0 aliphatic carbocycles. The van der Waals surface area contributed by atoms with Crippen LogP contribution >= 0.6 is 0 Å². The van der Waals surface area contributed by atoms with E-state index in [2.05, 4.69) is 21.3 Å². The van der Waals surface area contributed by atoms with Crippen molar-refractivity contribution in [1.82, 2.24) is 10.3 Å². The standard InChI is InChI=1S/C21H21N3O3/c25-20-13-17(16-6-2-3-7-18(16)23-20)21(26)22-14-15-5-1-4-8-19(15)24-9-11-27-12-10-24/h1-8,13H,9-12,14H2,(H,22,26)(H,23,25). The molecule has 0 atom stereocenters. The zero-order valence-electron chi connectivity index (χ0n) is 14.9. The summed E-state index contributed by atoms with van der Waals surface area (Å²) in [5.74, 6) is -0.255. The third kappa shape index (κ3) is 3.71. The van der Waals surface area contributed by atoms with E-state index < -0.39 is 0 Å². The Morgan fingerprint density at radius 3 is 2.67 bits per heavy atom. The lowest BCUT2D eigenvalue weighted by Gasteiger charge is -2.30. The summed E-state index contributed by atoms with van der Waals surface area (Å²) in [6.07, 6.45) is 0. The van der Waals surface area contributed by atoms with Crippen LogP contribution in [0.25, 0.3) is 10.9 Å². The summed E-state index contributed by atoms with van der Waals surface area (Å²) in [5, 5.41) is 3.70. The van der Waals surface area contributed by atoms with Crippen LogP contribution in [-0.2, 0) is 11.3 Å². The maximum absolute atomic E-state index is 12.8. The van der Waals surface area contributed by atoms with Gasteiger partial charge in [-0.15, -0.1) is 0 Å². The number of benzene rings is 2. The number of hydrogen-bond donors (Lipinski definition) is 2. The minimum atomic E-state index is -0.285. The number of nitrogens with zero attached hydrogens (tertiary/aromatic N) is 1. The maximum atomic E-state index is 12.8. The molecule has 6 nitrogen and oxygen atoms in total. The van der Waals surface area contributed by atoms with Gasteiger partial charge >= 0.3 is 0 Å². The molecule has 0 radical (unpaired) electrons. The van der Waals surface area contributed by atoms with Gasteiger partial charge in [-0.25, -0.2) is 0 Å². The number of aromatic amines is 1. The number of fused-ring (bicyclic) bond motifs is 1. The zero-order valence-corrected chi connectivity index (χ0v) is 14.9. The van der Waals surface area contributed by atoms with Gasteiger partial charge in [-0.05, 0) is 17.7 Å². The number of nitrogens with one attached hydrogen (secondary N) is 2. The minimum Gasteiger partial charge on any atom is -0.378 e. The molecule has 0 unspecified atom stereocenters. The van der Waals surface area contributed by atoms with Gasteiger partial charge in [0.15, 0.2) is 0 Å². The van der Waals surface area contributed by atoms with Gasteiger partial charge in [0.2, 0.25) is 5.56 Å². The smallest absolute Gasteiger partial charge is 0.252 e. The molecule has 1 saturated heterocycles. The summed E-state index contributed by atoms with van der Waals surface area (Å²) in [6, 6.07) is 16.7. The molecule has 138 valence electrons. The van der Waals surface area contributed by atoms with Crippen LogP contribution in [-0.4, -0.2) is 37.2 Å². The first kappa shape index (κ1) is 17.3. The van der Waals surface area contributed by atoms with Crippen LogP contribution in [0.5, 0.6) is 0 Å². The van der Waals surface area contributed by atoms with Crippen molar-refractivity contribution < 1.29 is 9.53 Å². The van der Waals surface area contributed by atoms with E-state index in [0.717, 1.165) is 29.7 Å². The maximum Gasteiger partial charge on any atom is 0.252 e. The first-order valence-electron chi connectivity index (χ1n) is 9.03. The van der Waals surface area contributed by atoms with Crippen molar-refractivity contribution >= 4 is 22.5 Å². The number of hydrogen-bond acceptors (Lipinski definition) is 4. The van der Waals surface area contributed by atoms with Gasteiger partial charge < -0.3 is 19.9 Å². The first-order chi connectivity index (χ1) is 13.2. The number of ether oxygens (including phenoxy) is 1. The van der Waals surface area contributed by atoms with E-state index in [0.29, 0.717) is 30.8 Å². The average Bonchev–Trinajstić information content (AvgIpc) is 2.72. The number of carbonyl (C=O) groups is 1. The normalized spacial score (nSPS) is 14.3. The Balaban J connectivity index is 1.56. The third-order valence-electron chi connectivity index (χ3n) is 4.78. The number of morpholine rings is 1. The molecule has 0 spiro atoms. The van der Waals surface area contributed by atoms with Crippen LogP contribution in [0.2, 0.25) is 0 Å². The largest absolute Gasteiger partial charge is 0.378 e. The monoisotopic (exact) mass is 363 g/mol. The topological polar surface area (TPSA) is 74.4 Å². The van der Waals surface area contributed by atoms with Gasteiger partial charge in [0.05, 0.1) is 18.8 Å². The Hall–Kier alpha value is -3.12. The second-order valence-corrected chi connectivity index (χ2v) is 6.50. The van der Waals surface area contributed by atoms with E-state index in [4.69, 9.17) is 4.74 Å². The SMILES string of the molecule is O=C(NCc1ccccc1N1CCOCC1)c1cc(=O)[nH]c2ccccc12. The molecule has 2 aromatic carbocycles. The lowest BCUT2D eigenvalue weighted by molar-refractivity contribution is 0.0952. The quantitative estimate of drug-likeness (QED) is 0.746. The summed E-state index contributed by atoms with van der Waals surface area (Å²) in [5.41, 5.74) is 2.91. The lowest BCUT2D eigenvalue weighted by Crippen LogP contribution is -2.37. The number of carbonyl (C=O) groups excluding carboxylic acids is 1. The van der Waals surface area contributed by atoms with E-state index in [1.165, 1.54) is 6.07 Å². The van der Waals surface area contributed by atoms with E-state index in [-0.39, 0.29) is 11.5 Å². The fourth-order valence-electron chi connectivity index (χ4n) is 3.44. The Bertz CT molecular complexity index is 1020. The number of H-pyrrole nitrogens is 1. The number of aromatic nitrogens is 1.